The van der Waals surface area contributed by atoms with E-state index in [0.717, 1.165) is 30.7 Å². The molecule has 0 bridgehead atoms. The molecule has 296 valence electrons. The van der Waals surface area contributed by atoms with Gasteiger partial charge < -0.3 is 24.8 Å². The van der Waals surface area contributed by atoms with Crippen LogP contribution in [0, 0.1) is 22.7 Å². The molecule has 56 heavy (non-hydrogen) atoms. The molecule has 2 spiro atoms. The molecule has 3 N–H and O–H groups in total. The van der Waals surface area contributed by atoms with Crippen LogP contribution >= 0.6 is 11.6 Å². The Hall–Kier alpha value is -4.89. The van der Waals surface area contributed by atoms with Crippen molar-refractivity contribution in [1.82, 2.24) is 29.4 Å². The lowest BCUT2D eigenvalue weighted by Gasteiger charge is -2.28. The summed E-state index contributed by atoms with van der Waals surface area (Å²) < 4.78 is 42.7. The molecule has 3 aliphatic carbocycles. The lowest BCUT2D eigenvalue weighted by atomic mass is 9.93. The topological polar surface area (TPSA) is 178 Å². The highest BCUT2D eigenvalue weighted by Gasteiger charge is 2.85. The maximum atomic E-state index is 13.6. The van der Waals surface area contributed by atoms with E-state index in [1.807, 2.05) is 44.2 Å². The standard InChI is InChI=1S/C40H46ClN7O7S/c1-38(2)23-27(24-47(38)37(50)51)9-6-18-42-31-21-28(55-25-26-7-4-3-5-8-26)22-34(43-31)56(52,53)46-36(49)29-10-11-32(44-35(29)41)48-19-12-33(45-48)54-20-13-30-39(14-15-39)40(30)16-17-40/h3-5,7-8,10-12,19,21-22,27,30H,6,9,13-18,20,23-25H2,1-2H3,(H,42,43)(H,46,49)(H,50,51)/t27-/m0/s1. The van der Waals surface area contributed by atoms with Gasteiger partial charge in [-0.05, 0) is 106 Å². The average Bonchev–Trinajstić information content (AvgIpc) is 4.12. The number of benzene rings is 1. The minimum atomic E-state index is -4.51. The largest absolute Gasteiger partial charge is 0.489 e. The van der Waals surface area contributed by atoms with Crippen LogP contribution in [0.25, 0.3) is 5.82 Å². The summed E-state index contributed by atoms with van der Waals surface area (Å²) in [4.78, 5) is 35.1. The van der Waals surface area contributed by atoms with Crippen LogP contribution < -0.4 is 19.5 Å². The number of fused-ring (bicyclic) bond motifs is 1. The first-order valence-electron chi connectivity index (χ1n) is 19.1. The fraction of sp³-hybridized carbons (Fsp3) is 0.475. The number of carboxylic acid groups (broad SMARTS) is 1. The molecule has 3 saturated carbocycles. The van der Waals surface area contributed by atoms with E-state index in [9.17, 15) is 23.1 Å². The smallest absolute Gasteiger partial charge is 0.407 e. The van der Waals surface area contributed by atoms with Gasteiger partial charge in [0.05, 0.1) is 12.2 Å². The van der Waals surface area contributed by atoms with E-state index in [-0.39, 0.29) is 34.8 Å². The Kier molecular flexibility index (Phi) is 9.88. The molecule has 3 aromatic heterocycles. The zero-order chi connectivity index (χ0) is 39.3. The van der Waals surface area contributed by atoms with Crippen LogP contribution in [0.15, 0.2) is 71.9 Å². The van der Waals surface area contributed by atoms with Crippen molar-refractivity contribution < 1.29 is 32.6 Å². The molecule has 1 atom stereocenters. The predicted octanol–water partition coefficient (Wildman–Crippen LogP) is 6.94. The number of nitrogens with one attached hydrogen (secondary N) is 2. The third-order valence-electron chi connectivity index (χ3n) is 12.2. The van der Waals surface area contributed by atoms with Crippen molar-refractivity contribution in [1.29, 1.82) is 0 Å². The average molecular weight is 804 g/mol. The summed E-state index contributed by atoms with van der Waals surface area (Å²) in [5.41, 5.74) is 1.55. The van der Waals surface area contributed by atoms with E-state index in [1.54, 1.807) is 18.3 Å². The predicted molar refractivity (Wildman–Crippen MR) is 208 cm³/mol. The molecule has 4 heterocycles. The summed E-state index contributed by atoms with van der Waals surface area (Å²) in [6, 6.07) is 16.9. The zero-order valence-corrected chi connectivity index (χ0v) is 33.0. The number of carbonyl (C=O) groups is 2. The van der Waals surface area contributed by atoms with E-state index < -0.39 is 32.6 Å². The number of aromatic nitrogens is 4. The fourth-order valence-electron chi connectivity index (χ4n) is 9.16. The summed E-state index contributed by atoms with van der Waals surface area (Å²) in [7, 11) is -4.51. The van der Waals surface area contributed by atoms with Gasteiger partial charge in [0.25, 0.3) is 15.9 Å². The Labute approximate surface area is 331 Å². The van der Waals surface area contributed by atoms with E-state index in [1.165, 1.54) is 53.5 Å². The summed E-state index contributed by atoms with van der Waals surface area (Å²) in [6.07, 6.45) is 9.49. The molecule has 0 unspecified atom stereocenters. The maximum absolute atomic E-state index is 13.6. The number of halogens is 1. The fourth-order valence-corrected chi connectivity index (χ4v) is 10.3. The molecule has 1 aliphatic heterocycles. The van der Waals surface area contributed by atoms with Crippen LogP contribution in [0.2, 0.25) is 5.15 Å². The highest BCUT2D eigenvalue weighted by Crippen LogP contribution is 2.93. The second-order valence-electron chi connectivity index (χ2n) is 16.2. The Bertz CT molecular complexity index is 2220. The molecular formula is C40H46ClN7O7S. The number of pyridine rings is 2. The lowest BCUT2D eigenvalue weighted by molar-refractivity contribution is 0.0980. The van der Waals surface area contributed by atoms with Crippen molar-refractivity contribution in [2.24, 2.45) is 22.7 Å². The molecule has 16 heteroatoms. The highest BCUT2D eigenvalue weighted by atomic mass is 35.5. The number of amides is 2. The minimum absolute atomic E-state index is 0.151. The van der Waals surface area contributed by atoms with E-state index in [4.69, 9.17) is 21.1 Å². The minimum Gasteiger partial charge on any atom is -0.489 e. The van der Waals surface area contributed by atoms with Gasteiger partial charge >= 0.3 is 6.09 Å². The molecule has 0 radical (unpaired) electrons. The molecule has 4 aliphatic rings. The van der Waals surface area contributed by atoms with Crippen LogP contribution in [0.4, 0.5) is 10.6 Å². The first kappa shape index (κ1) is 38.0. The van der Waals surface area contributed by atoms with Crippen molar-refractivity contribution in [3.05, 3.63) is 83.1 Å². The molecule has 2 amide bonds. The Balaban J connectivity index is 0.903. The first-order chi connectivity index (χ1) is 26.8. The lowest BCUT2D eigenvalue weighted by Crippen LogP contribution is -2.41. The monoisotopic (exact) mass is 803 g/mol. The number of hydrogen-bond donors (Lipinski definition) is 3. The van der Waals surface area contributed by atoms with Gasteiger partial charge in [0.1, 0.15) is 23.3 Å². The Morgan fingerprint density at radius 2 is 1.73 bits per heavy atom. The van der Waals surface area contributed by atoms with Crippen molar-refractivity contribution >= 4 is 39.4 Å². The summed E-state index contributed by atoms with van der Waals surface area (Å²) >= 11 is 6.44. The van der Waals surface area contributed by atoms with Crippen LogP contribution in [0.1, 0.15) is 81.1 Å². The van der Waals surface area contributed by atoms with Crippen LogP contribution in [0.5, 0.6) is 11.6 Å². The van der Waals surface area contributed by atoms with E-state index in [2.05, 4.69) is 25.1 Å². The Morgan fingerprint density at radius 3 is 2.41 bits per heavy atom. The number of ether oxygens (including phenoxy) is 2. The number of sulfonamides is 1. The molecule has 8 rings (SSSR count). The molecular weight excluding hydrogens is 758 g/mol. The third kappa shape index (κ3) is 7.62. The number of rotatable bonds is 16. The molecule has 1 aromatic carbocycles. The van der Waals surface area contributed by atoms with Gasteiger partial charge in [-0.25, -0.2) is 24.2 Å². The summed E-state index contributed by atoms with van der Waals surface area (Å²) in [5.74, 6) is 1.27. The first-order valence-corrected chi connectivity index (χ1v) is 21.0. The van der Waals surface area contributed by atoms with Crippen molar-refractivity contribution in [2.45, 2.75) is 82.4 Å². The van der Waals surface area contributed by atoms with Crippen molar-refractivity contribution in [2.75, 3.05) is 25.0 Å². The normalized spacial score (nSPS) is 19.8. The van der Waals surface area contributed by atoms with Gasteiger partial charge in [-0.1, -0.05) is 41.9 Å². The number of likely N-dealkylation sites (tertiary alicyclic amines) is 1. The van der Waals surface area contributed by atoms with Gasteiger partial charge in [-0.15, -0.1) is 5.10 Å². The van der Waals surface area contributed by atoms with Gasteiger partial charge in [0.2, 0.25) is 5.88 Å². The van der Waals surface area contributed by atoms with E-state index >= 15 is 0 Å². The van der Waals surface area contributed by atoms with Gasteiger partial charge in [-0.3, -0.25) is 4.79 Å². The van der Waals surface area contributed by atoms with Gasteiger partial charge in [0.15, 0.2) is 10.8 Å². The van der Waals surface area contributed by atoms with Crippen LogP contribution in [0.3, 0.4) is 0 Å². The summed E-state index contributed by atoms with van der Waals surface area (Å²) in [6.45, 7) is 5.55. The van der Waals surface area contributed by atoms with Crippen LogP contribution in [-0.4, -0.2) is 75.4 Å². The van der Waals surface area contributed by atoms with E-state index in [0.29, 0.717) is 48.6 Å². The van der Waals surface area contributed by atoms with Gasteiger partial charge in [-0.2, -0.15) is 8.42 Å². The Morgan fingerprint density at radius 1 is 0.982 bits per heavy atom. The second-order valence-corrected chi connectivity index (χ2v) is 18.2. The third-order valence-corrected chi connectivity index (χ3v) is 13.7. The SMILES string of the molecule is CC1(C)C[C@H](CCCNc2cc(OCc3ccccc3)cc(S(=O)(=O)NC(=O)c3ccc(-n4ccc(OCCC5C6(CC6)C56CC6)n4)nc3Cl)n2)CN1C(=O)O. The van der Waals surface area contributed by atoms with Crippen molar-refractivity contribution in [3.8, 4) is 17.4 Å². The molecule has 4 aromatic rings. The second kappa shape index (κ2) is 14.6. The van der Waals surface area contributed by atoms with Crippen molar-refractivity contribution in [3.63, 3.8) is 0 Å². The maximum Gasteiger partial charge on any atom is 0.407 e. The molecule has 14 nitrogen and oxygen atoms in total. The number of nitrogens with zero attached hydrogens (tertiary/aromatic N) is 5. The number of hydrogen-bond acceptors (Lipinski definition) is 10. The number of carbonyl (C=O) groups excluding carboxylic acids is 1. The molecule has 4 fully saturated rings. The molecule has 1 saturated heterocycles. The van der Waals surface area contributed by atoms with Crippen LogP contribution in [-0.2, 0) is 16.6 Å². The number of anilines is 1. The zero-order valence-electron chi connectivity index (χ0n) is 31.4. The quantitative estimate of drug-likeness (QED) is 0.0790. The van der Waals surface area contributed by atoms with Gasteiger partial charge in [0, 0.05) is 43.0 Å². The summed E-state index contributed by atoms with van der Waals surface area (Å²) in [5, 5.41) is 16.6. The highest BCUT2D eigenvalue weighted by molar-refractivity contribution is 7.90.